The monoisotopic (exact) mass is 452 g/mol. The van der Waals surface area contributed by atoms with Crippen LogP contribution < -0.4 is 10.6 Å². The van der Waals surface area contributed by atoms with Crippen LogP contribution in [-0.2, 0) is 35.5 Å². The van der Waals surface area contributed by atoms with E-state index < -0.39 is 0 Å². The lowest BCUT2D eigenvalue weighted by Crippen LogP contribution is -2.38. The Balaban J connectivity index is 1.37. The minimum Gasteiger partial charge on any atom is -0.379 e. The molecule has 0 bridgehead atoms. The Morgan fingerprint density at radius 1 is 1.19 bits per heavy atom. The van der Waals surface area contributed by atoms with E-state index in [0.717, 1.165) is 64.1 Å². The van der Waals surface area contributed by atoms with E-state index in [-0.39, 0.29) is 11.9 Å². The Hall–Kier alpha value is -2.24. The summed E-state index contributed by atoms with van der Waals surface area (Å²) in [5.41, 5.74) is 4.31. The van der Waals surface area contributed by atoms with Gasteiger partial charge in [0, 0.05) is 31.1 Å². The van der Waals surface area contributed by atoms with Crippen LogP contribution in [0.1, 0.15) is 53.3 Å². The number of nitriles is 1. The molecule has 1 atom stereocenters. The topological polar surface area (TPSA) is 77.4 Å². The van der Waals surface area contributed by atoms with Gasteiger partial charge in [0.25, 0.3) is 0 Å². The Kier molecular flexibility index (Phi) is 7.93. The molecular formula is C25H32N4O2S. The molecule has 1 amide bonds. The van der Waals surface area contributed by atoms with Crippen molar-refractivity contribution in [2.75, 3.05) is 31.6 Å². The van der Waals surface area contributed by atoms with Gasteiger partial charge < -0.3 is 15.4 Å². The van der Waals surface area contributed by atoms with Crippen molar-refractivity contribution >= 4 is 22.2 Å². The quantitative estimate of drug-likeness (QED) is 0.624. The number of ether oxygens (including phenoxy) is 1. The third-order valence-electron chi connectivity index (χ3n) is 6.38. The number of amides is 1. The van der Waals surface area contributed by atoms with Gasteiger partial charge in [0.05, 0.1) is 24.8 Å². The van der Waals surface area contributed by atoms with Crippen LogP contribution in [0, 0.1) is 11.3 Å². The van der Waals surface area contributed by atoms with Gasteiger partial charge >= 0.3 is 0 Å². The van der Waals surface area contributed by atoms with Gasteiger partial charge in [0.1, 0.15) is 11.1 Å². The number of fused-ring (bicyclic) bond motifs is 1. The molecule has 1 fully saturated rings. The van der Waals surface area contributed by atoms with E-state index in [4.69, 9.17) is 4.74 Å². The summed E-state index contributed by atoms with van der Waals surface area (Å²) in [4.78, 5) is 16.6. The van der Waals surface area contributed by atoms with Crippen LogP contribution in [0.15, 0.2) is 24.3 Å². The molecule has 1 saturated heterocycles. The van der Waals surface area contributed by atoms with Crippen LogP contribution >= 0.6 is 11.3 Å². The molecule has 4 rings (SSSR count). The molecule has 2 aromatic rings. The Morgan fingerprint density at radius 2 is 1.94 bits per heavy atom. The summed E-state index contributed by atoms with van der Waals surface area (Å²) in [6.45, 7) is 6.88. The Labute approximate surface area is 194 Å². The van der Waals surface area contributed by atoms with Crippen LogP contribution in [0.25, 0.3) is 0 Å². The first-order valence-corrected chi connectivity index (χ1v) is 12.4. The molecule has 0 spiro atoms. The lowest BCUT2D eigenvalue weighted by molar-refractivity contribution is -0.117. The van der Waals surface area contributed by atoms with Crippen LogP contribution in [0.3, 0.4) is 0 Å². The van der Waals surface area contributed by atoms with Gasteiger partial charge in [-0.3, -0.25) is 9.69 Å². The zero-order valence-corrected chi connectivity index (χ0v) is 19.6. The molecule has 1 aromatic heterocycles. The summed E-state index contributed by atoms with van der Waals surface area (Å²) in [6, 6.07) is 10.4. The maximum Gasteiger partial charge on any atom is 0.241 e. The zero-order chi connectivity index (χ0) is 22.3. The molecule has 170 valence electrons. The van der Waals surface area contributed by atoms with Crippen molar-refractivity contribution in [3.8, 4) is 6.07 Å². The number of thiophene rings is 1. The van der Waals surface area contributed by atoms with Gasteiger partial charge in [-0.25, -0.2) is 0 Å². The number of rotatable bonds is 7. The number of carbonyl (C=O) groups is 1. The number of nitrogens with one attached hydrogen (secondary N) is 2. The van der Waals surface area contributed by atoms with Gasteiger partial charge in [-0.2, -0.15) is 5.26 Å². The van der Waals surface area contributed by atoms with E-state index in [2.05, 4.69) is 39.8 Å². The third-order valence-corrected chi connectivity index (χ3v) is 7.59. The minimum absolute atomic E-state index is 0.0939. The molecule has 0 saturated carbocycles. The van der Waals surface area contributed by atoms with Crippen molar-refractivity contribution in [3.63, 3.8) is 0 Å². The molecular weight excluding hydrogens is 420 g/mol. The zero-order valence-electron chi connectivity index (χ0n) is 18.8. The lowest BCUT2D eigenvalue weighted by atomic mass is 10.1. The predicted molar refractivity (Wildman–Crippen MR) is 128 cm³/mol. The number of benzene rings is 1. The second-order valence-corrected chi connectivity index (χ2v) is 9.73. The number of morpholine rings is 1. The SMILES string of the molecule is CC(NCc1ccccc1CN1CCOCC1)C(=O)Nc1sc2c(c1C#N)CCCCC2. The number of carbonyl (C=O) groups excluding carboxylic acids is 1. The predicted octanol–water partition coefficient (Wildman–Crippen LogP) is 3.84. The van der Waals surface area contributed by atoms with Gasteiger partial charge in [0.2, 0.25) is 5.91 Å². The summed E-state index contributed by atoms with van der Waals surface area (Å²) < 4.78 is 5.45. The molecule has 2 aliphatic rings. The second-order valence-electron chi connectivity index (χ2n) is 8.63. The van der Waals surface area contributed by atoms with Gasteiger partial charge in [-0.05, 0) is 49.3 Å². The minimum atomic E-state index is -0.361. The maximum atomic E-state index is 12.9. The van der Waals surface area contributed by atoms with Gasteiger partial charge in [-0.1, -0.05) is 30.7 Å². The van der Waals surface area contributed by atoms with Crippen molar-refractivity contribution in [1.29, 1.82) is 5.26 Å². The normalized spacial score (nSPS) is 17.8. The maximum absolute atomic E-state index is 12.9. The molecule has 2 N–H and O–H groups in total. The first kappa shape index (κ1) is 22.9. The molecule has 0 radical (unpaired) electrons. The highest BCUT2D eigenvalue weighted by atomic mass is 32.1. The van der Waals surface area contributed by atoms with E-state index in [9.17, 15) is 10.1 Å². The molecule has 7 heteroatoms. The first-order valence-electron chi connectivity index (χ1n) is 11.6. The summed E-state index contributed by atoms with van der Waals surface area (Å²) in [5.74, 6) is -0.0939. The molecule has 1 aliphatic carbocycles. The average Bonchev–Trinajstić information content (AvgIpc) is 2.97. The Morgan fingerprint density at radius 3 is 2.72 bits per heavy atom. The van der Waals surface area contributed by atoms with Gasteiger partial charge in [-0.15, -0.1) is 11.3 Å². The van der Waals surface area contributed by atoms with Crippen molar-refractivity contribution in [2.45, 2.75) is 58.2 Å². The molecule has 2 heterocycles. The van der Waals surface area contributed by atoms with Crippen LogP contribution in [0.5, 0.6) is 0 Å². The van der Waals surface area contributed by atoms with E-state index in [1.807, 2.05) is 13.0 Å². The number of hydrogen-bond acceptors (Lipinski definition) is 6. The average molecular weight is 453 g/mol. The van der Waals surface area contributed by atoms with Crippen LogP contribution in [0.2, 0.25) is 0 Å². The first-order chi connectivity index (χ1) is 15.7. The smallest absolute Gasteiger partial charge is 0.241 e. The molecule has 1 unspecified atom stereocenters. The number of nitrogens with zero attached hydrogens (tertiary/aromatic N) is 2. The summed E-state index contributed by atoms with van der Waals surface area (Å²) in [5, 5.41) is 16.8. The van der Waals surface area contributed by atoms with Crippen LogP contribution in [0.4, 0.5) is 5.00 Å². The molecule has 32 heavy (non-hydrogen) atoms. The summed E-state index contributed by atoms with van der Waals surface area (Å²) in [7, 11) is 0. The van der Waals surface area contributed by atoms with Crippen molar-refractivity contribution in [3.05, 3.63) is 51.4 Å². The second kappa shape index (κ2) is 11.1. The van der Waals surface area contributed by atoms with E-state index in [1.165, 1.54) is 22.4 Å². The number of aryl methyl sites for hydroxylation is 1. The fourth-order valence-electron chi connectivity index (χ4n) is 4.41. The summed E-state index contributed by atoms with van der Waals surface area (Å²) >= 11 is 1.58. The lowest BCUT2D eigenvalue weighted by Gasteiger charge is -2.27. The molecule has 6 nitrogen and oxygen atoms in total. The number of anilines is 1. The highest BCUT2D eigenvalue weighted by molar-refractivity contribution is 7.16. The van der Waals surface area contributed by atoms with Crippen molar-refractivity contribution in [2.24, 2.45) is 0 Å². The third kappa shape index (κ3) is 5.57. The summed E-state index contributed by atoms with van der Waals surface area (Å²) in [6.07, 6.45) is 5.44. The van der Waals surface area contributed by atoms with Crippen molar-refractivity contribution < 1.29 is 9.53 Å². The fraction of sp³-hybridized carbons (Fsp3) is 0.520. The number of hydrogen-bond donors (Lipinski definition) is 2. The van der Waals surface area contributed by atoms with E-state index in [0.29, 0.717) is 17.1 Å². The highest BCUT2D eigenvalue weighted by Gasteiger charge is 2.22. The van der Waals surface area contributed by atoms with E-state index >= 15 is 0 Å². The van der Waals surface area contributed by atoms with Gasteiger partial charge in [0.15, 0.2) is 0 Å². The highest BCUT2D eigenvalue weighted by Crippen LogP contribution is 2.37. The largest absolute Gasteiger partial charge is 0.379 e. The van der Waals surface area contributed by atoms with E-state index in [1.54, 1.807) is 11.3 Å². The fourth-order valence-corrected chi connectivity index (χ4v) is 5.65. The Bertz CT molecular complexity index is 975. The molecule has 1 aliphatic heterocycles. The van der Waals surface area contributed by atoms with Crippen LogP contribution in [-0.4, -0.2) is 43.2 Å². The molecule has 1 aromatic carbocycles. The standard InChI is InChI=1S/C25H32N4O2S/c1-18(24(30)28-25-22(15-26)21-9-3-2-4-10-23(21)32-25)27-16-19-7-5-6-8-20(19)17-29-11-13-31-14-12-29/h5-8,18,27H,2-4,9-14,16-17H2,1H3,(H,28,30). The van der Waals surface area contributed by atoms with Crippen molar-refractivity contribution in [1.82, 2.24) is 10.2 Å².